The van der Waals surface area contributed by atoms with Crippen LogP contribution >= 0.6 is 11.3 Å². The Balaban J connectivity index is 1.09. The molecule has 7 heteroatoms. The molecule has 264 valence electrons. The Morgan fingerprint density at radius 1 is 0.500 bits per heavy atom. The molecular weight excluding hydrogens is 707 g/mol. The molecule has 0 fully saturated rings. The molecule has 0 amide bonds. The van der Waals surface area contributed by atoms with Crippen LogP contribution in [0.25, 0.3) is 105 Å². The number of rotatable bonds is 6. The molecule has 0 atom stereocenters. The van der Waals surface area contributed by atoms with Crippen molar-refractivity contribution in [1.82, 2.24) is 24.9 Å². The molecule has 0 saturated carbocycles. The highest BCUT2D eigenvalue weighted by Gasteiger charge is 2.22. The molecular formula is C49H31N5OS. The van der Waals surface area contributed by atoms with Gasteiger partial charge in [-0.05, 0) is 54.3 Å². The number of benzene rings is 6. The molecule has 0 saturated heterocycles. The van der Waals surface area contributed by atoms with Crippen LogP contribution in [0.4, 0.5) is 0 Å². The molecule has 1 aliphatic carbocycles. The molecule has 0 unspecified atom stereocenters. The van der Waals surface area contributed by atoms with E-state index >= 15 is 0 Å². The smallest absolute Gasteiger partial charge is 0.164 e. The Morgan fingerprint density at radius 2 is 1.14 bits per heavy atom. The van der Waals surface area contributed by atoms with Crippen LogP contribution in [-0.2, 0) is 0 Å². The summed E-state index contributed by atoms with van der Waals surface area (Å²) >= 11 is 1.72. The van der Waals surface area contributed by atoms with E-state index in [1.165, 1.54) is 15.8 Å². The van der Waals surface area contributed by atoms with Crippen LogP contribution in [0.15, 0.2) is 168 Å². The molecule has 0 radical (unpaired) electrons. The second kappa shape index (κ2) is 13.3. The van der Waals surface area contributed by atoms with Gasteiger partial charge in [0.25, 0.3) is 0 Å². The minimum atomic E-state index is 0.579. The minimum absolute atomic E-state index is 0.579. The van der Waals surface area contributed by atoms with E-state index in [4.69, 9.17) is 29.3 Å². The lowest BCUT2D eigenvalue weighted by atomic mass is 9.96. The first kappa shape index (κ1) is 32.3. The highest BCUT2D eigenvalue weighted by Crippen LogP contribution is 2.43. The normalized spacial score (nSPS) is 12.9. The fraction of sp³-hybridized carbons (Fsp3) is 0.0408. The van der Waals surface area contributed by atoms with Crippen molar-refractivity contribution in [2.24, 2.45) is 0 Å². The summed E-state index contributed by atoms with van der Waals surface area (Å²) in [6.07, 6.45) is 8.64. The molecule has 6 nitrogen and oxygen atoms in total. The zero-order valence-corrected chi connectivity index (χ0v) is 30.9. The lowest BCUT2D eigenvalue weighted by Gasteiger charge is -2.11. The van der Waals surface area contributed by atoms with Gasteiger partial charge in [-0.1, -0.05) is 133 Å². The maximum absolute atomic E-state index is 6.86. The standard InChI is InChI=1S/C49H31N5OS/c1-4-14-30(15-5-1)33-20-12-21-34(28-33)48-50-42-38-22-10-11-25-41(38)56-45(42)43(51-48)39-24-13-23-37-36-27-26-35(29-40(36)55-44(37)39)49-53-46(31-16-6-2-7-17-31)52-47(54-49)32-18-8-3-9-19-32/h1-4,6-14,16-29H,5,15H2. The number of nitrogens with zero attached hydrogens (tertiary/aromatic N) is 5. The summed E-state index contributed by atoms with van der Waals surface area (Å²) in [5, 5.41) is 3.15. The van der Waals surface area contributed by atoms with Gasteiger partial charge in [0.2, 0.25) is 0 Å². The molecule has 0 bridgehead atoms. The van der Waals surface area contributed by atoms with E-state index in [0.29, 0.717) is 23.3 Å². The van der Waals surface area contributed by atoms with E-state index in [9.17, 15) is 0 Å². The number of allylic oxidation sites excluding steroid dienone is 4. The van der Waals surface area contributed by atoms with Gasteiger partial charge in [-0.15, -0.1) is 11.3 Å². The number of hydrogen-bond acceptors (Lipinski definition) is 7. The van der Waals surface area contributed by atoms with Gasteiger partial charge in [0.15, 0.2) is 23.3 Å². The fourth-order valence-corrected chi connectivity index (χ4v) is 8.81. The summed E-state index contributed by atoms with van der Waals surface area (Å²) in [7, 11) is 0. The molecule has 0 spiro atoms. The summed E-state index contributed by atoms with van der Waals surface area (Å²) < 4.78 is 9.06. The van der Waals surface area contributed by atoms with Crippen molar-refractivity contribution in [2.45, 2.75) is 12.8 Å². The second-order valence-corrected chi connectivity index (χ2v) is 15.0. The molecule has 0 aliphatic heterocycles. The van der Waals surface area contributed by atoms with Crippen LogP contribution in [0.1, 0.15) is 18.4 Å². The Kier molecular flexibility index (Phi) is 7.70. The zero-order chi connectivity index (χ0) is 37.0. The summed E-state index contributed by atoms with van der Waals surface area (Å²) in [5.41, 5.74) is 10.5. The summed E-state index contributed by atoms with van der Waals surface area (Å²) in [5.74, 6) is 2.51. The zero-order valence-electron chi connectivity index (χ0n) is 30.1. The maximum atomic E-state index is 6.86. The lowest BCUT2D eigenvalue weighted by molar-refractivity contribution is 0.670. The topological polar surface area (TPSA) is 77.6 Å². The van der Waals surface area contributed by atoms with Crippen molar-refractivity contribution in [3.05, 3.63) is 169 Å². The largest absolute Gasteiger partial charge is 0.455 e. The number of aromatic nitrogens is 5. The van der Waals surface area contributed by atoms with Crippen LogP contribution in [0, 0.1) is 0 Å². The van der Waals surface area contributed by atoms with Gasteiger partial charge in [0, 0.05) is 48.7 Å². The van der Waals surface area contributed by atoms with E-state index < -0.39 is 0 Å². The van der Waals surface area contributed by atoms with E-state index in [1.54, 1.807) is 11.3 Å². The predicted octanol–water partition coefficient (Wildman–Crippen LogP) is 13.0. The SMILES string of the molecule is C1=CCCC(c2cccc(-c3nc(-c4cccc5c4oc4cc(-c6nc(-c7ccccc7)nc(-c7ccccc7)n6)ccc45)c4sc5ccccc5c4n3)c2)=C1. The maximum Gasteiger partial charge on any atom is 0.164 e. The second-order valence-electron chi connectivity index (χ2n) is 13.9. The fourth-order valence-electron chi connectivity index (χ4n) is 7.67. The lowest BCUT2D eigenvalue weighted by Crippen LogP contribution is -2.00. The minimum Gasteiger partial charge on any atom is -0.455 e. The van der Waals surface area contributed by atoms with Crippen molar-refractivity contribution in [3.8, 4) is 56.8 Å². The third-order valence-corrected chi connectivity index (χ3v) is 11.6. The quantitative estimate of drug-likeness (QED) is 0.169. The van der Waals surface area contributed by atoms with Crippen molar-refractivity contribution in [3.63, 3.8) is 0 Å². The van der Waals surface area contributed by atoms with Crippen molar-refractivity contribution in [2.75, 3.05) is 0 Å². The van der Waals surface area contributed by atoms with E-state index in [1.807, 2.05) is 66.7 Å². The third-order valence-electron chi connectivity index (χ3n) is 10.4. The van der Waals surface area contributed by atoms with Crippen LogP contribution in [0.5, 0.6) is 0 Å². The first-order valence-corrected chi connectivity index (χ1v) is 19.5. The number of thiophene rings is 1. The summed E-state index contributed by atoms with van der Waals surface area (Å²) in [4.78, 5) is 25.4. The average Bonchev–Trinajstić information content (AvgIpc) is 3.85. The Hall–Kier alpha value is -7.09. The van der Waals surface area contributed by atoms with Gasteiger partial charge < -0.3 is 4.42 Å². The van der Waals surface area contributed by atoms with Gasteiger partial charge in [0.05, 0.1) is 15.9 Å². The number of fused-ring (bicyclic) bond motifs is 6. The van der Waals surface area contributed by atoms with E-state index in [0.717, 1.165) is 83.9 Å². The van der Waals surface area contributed by atoms with Gasteiger partial charge in [-0.3, -0.25) is 0 Å². The first-order chi connectivity index (χ1) is 27.7. The Morgan fingerprint density at radius 3 is 1.91 bits per heavy atom. The summed E-state index contributed by atoms with van der Waals surface area (Å²) in [6.45, 7) is 0. The average molecular weight is 738 g/mol. The van der Waals surface area contributed by atoms with Crippen LogP contribution in [0.3, 0.4) is 0 Å². The number of para-hydroxylation sites is 1. The predicted molar refractivity (Wildman–Crippen MR) is 229 cm³/mol. The van der Waals surface area contributed by atoms with E-state index in [2.05, 4.69) is 97.1 Å². The molecule has 56 heavy (non-hydrogen) atoms. The van der Waals surface area contributed by atoms with Gasteiger partial charge in [-0.2, -0.15) is 0 Å². The molecule has 0 N–H and O–H groups in total. The highest BCUT2D eigenvalue weighted by molar-refractivity contribution is 7.26. The molecule has 4 heterocycles. The third kappa shape index (κ3) is 5.60. The molecule has 4 aromatic heterocycles. The van der Waals surface area contributed by atoms with Crippen molar-refractivity contribution >= 4 is 59.2 Å². The molecule has 1 aliphatic rings. The van der Waals surface area contributed by atoms with Gasteiger partial charge in [0.1, 0.15) is 11.2 Å². The van der Waals surface area contributed by atoms with Crippen molar-refractivity contribution < 1.29 is 4.42 Å². The molecule has 6 aromatic carbocycles. The molecule has 11 rings (SSSR count). The Labute approximate surface area is 326 Å². The Bertz CT molecular complexity index is 3140. The van der Waals surface area contributed by atoms with Gasteiger partial charge in [-0.25, -0.2) is 24.9 Å². The monoisotopic (exact) mass is 737 g/mol. The first-order valence-electron chi connectivity index (χ1n) is 18.7. The van der Waals surface area contributed by atoms with Gasteiger partial charge >= 0.3 is 0 Å². The number of furan rings is 1. The van der Waals surface area contributed by atoms with E-state index in [-0.39, 0.29) is 0 Å². The van der Waals surface area contributed by atoms with Crippen LogP contribution in [0.2, 0.25) is 0 Å². The van der Waals surface area contributed by atoms with Crippen LogP contribution in [-0.4, -0.2) is 24.9 Å². The van der Waals surface area contributed by atoms with Crippen LogP contribution < -0.4 is 0 Å². The number of hydrogen-bond donors (Lipinski definition) is 0. The van der Waals surface area contributed by atoms with Crippen molar-refractivity contribution in [1.29, 1.82) is 0 Å². The highest BCUT2D eigenvalue weighted by atomic mass is 32.1. The summed E-state index contributed by atoms with van der Waals surface area (Å²) in [6, 6.07) is 49.7. The molecule has 10 aromatic rings.